The van der Waals surface area contributed by atoms with Gasteiger partial charge in [-0.2, -0.15) is 0 Å². The third kappa shape index (κ3) is 5.60. The quantitative estimate of drug-likeness (QED) is 0.295. The van der Waals surface area contributed by atoms with E-state index in [4.69, 9.17) is 0 Å². The van der Waals surface area contributed by atoms with Crippen molar-refractivity contribution in [3.63, 3.8) is 0 Å². The van der Waals surface area contributed by atoms with Crippen molar-refractivity contribution in [1.29, 1.82) is 0 Å². The summed E-state index contributed by atoms with van der Waals surface area (Å²) in [5.41, 5.74) is 2.48. The molecule has 1 heteroatoms. The van der Waals surface area contributed by atoms with Gasteiger partial charge in [-0.15, -0.1) is 0 Å². The van der Waals surface area contributed by atoms with Crippen LogP contribution in [0, 0.1) is 23.6 Å². The van der Waals surface area contributed by atoms with Gasteiger partial charge in [0.05, 0.1) is 0 Å². The second-order valence-electron chi connectivity index (χ2n) is 10.4. The highest BCUT2D eigenvalue weighted by Crippen LogP contribution is 2.48. The molecule has 2 aromatic carbocycles. The van der Waals surface area contributed by atoms with Crippen molar-refractivity contribution < 1.29 is 4.39 Å². The molecule has 0 aromatic heterocycles. The van der Waals surface area contributed by atoms with Crippen LogP contribution >= 0.6 is 0 Å². The highest BCUT2D eigenvalue weighted by molar-refractivity contribution is 5.84. The Balaban J connectivity index is 1.41. The number of aryl methyl sites for hydroxylation is 1. The number of benzene rings is 2. The van der Waals surface area contributed by atoms with Crippen LogP contribution in [0.5, 0.6) is 0 Å². The number of fused-ring (bicyclic) bond motifs is 2. The second-order valence-corrected chi connectivity index (χ2v) is 10.4. The number of rotatable bonds is 8. The van der Waals surface area contributed by atoms with Crippen molar-refractivity contribution in [2.75, 3.05) is 0 Å². The zero-order valence-corrected chi connectivity index (χ0v) is 19.7. The summed E-state index contributed by atoms with van der Waals surface area (Å²) in [5.74, 6) is 3.30. The largest absolute Gasteiger partial charge is 0.206 e. The summed E-state index contributed by atoms with van der Waals surface area (Å²) in [6.07, 6.45) is 20.0. The molecule has 2 saturated carbocycles. The lowest BCUT2D eigenvalue weighted by Crippen LogP contribution is -2.30. The normalized spacial score (nSPS) is 26.4. The van der Waals surface area contributed by atoms with Crippen molar-refractivity contribution in [3.05, 3.63) is 59.4 Å². The molecular weight excluding hydrogens is 379 g/mol. The van der Waals surface area contributed by atoms with Gasteiger partial charge in [-0.25, -0.2) is 4.39 Å². The maximum Gasteiger partial charge on any atom is 0.131 e. The van der Waals surface area contributed by atoms with Gasteiger partial charge in [-0.3, -0.25) is 0 Å². The Morgan fingerprint density at radius 2 is 1.81 bits per heavy atom. The highest BCUT2D eigenvalue weighted by atomic mass is 19.1. The topological polar surface area (TPSA) is 0 Å². The molecular formula is C30H41F. The predicted molar refractivity (Wildman–Crippen MR) is 132 cm³/mol. The smallest absolute Gasteiger partial charge is 0.131 e. The predicted octanol–water partition coefficient (Wildman–Crippen LogP) is 9.37. The van der Waals surface area contributed by atoms with Crippen molar-refractivity contribution in [1.82, 2.24) is 0 Å². The van der Waals surface area contributed by atoms with E-state index in [2.05, 4.69) is 43.3 Å². The fourth-order valence-electron chi connectivity index (χ4n) is 6.42. The van der Waals surface area contributed by atoms with Gasteiger partial charge in [-0.05, 0) is 104 Å². The van der Waals surface area contributed by atoms with Crippen LogP contribution in [-0.2, 0) is 6.42 Å². The molecule has 4 unspecified atom stereocenters. The van der Waals surface area contributed by atoms with Crippen molar-refractivity contribution in [2.45, 2.75) is 96.8 Å². The van der Waals surface area contributed by atoms with Crippen LogP contribution in [0.15, 0.2) is 42.5 Å². The lowest BCUT2D eigenvalue weighted by atomic mass is 9.63. The van der Waals surface area contributed by atoms with E-state index >= 15 is 4.39 Å². The molecule has 0 saturated heterocycles. The van der Waals surface area contributed by atoms with Crippen LogP contribution in [0.3, 0.4) is 0 Å². The highest BCUT2D eigenvalue weighted by Gasteiger charge is 2.35. The molecule has 0 amide bonds. The fraction of sp³-hybridized carbons (Fsp3) is 0.600. The average Bonchev–Trinajstić information content (AvgIpc) is 2.79. The molecule has 0 radical (unpaired) electrons. The molecule has 2 fully saturated rings. The third-order valence-electron chi connectivity index (χ3n) is 8.23. The number of unbranched alkanes of at least 4 members (excludes halogenated alkanes) is 2. The molecule has 0 N–H and O–H groups in total. The zero-order valence-electron chi connectivity index (χ0n) is 19.7. The maximum atomic E-state index is 15.1. The minimum atomic E-state index is -0.0258. The van der Waals surface area contributed by atoms with Gasteiger partial charge in [-0.1, -0.05) is 69.4 Å². The first-order valence-electron chi connectivity index (χ1n) is 13.0. The first kappa shape index (κ1) is 22.6. The summed E-state index contributed by atoms with van der Waals surface area (Å²) in [7, 11) is 0. The summed E-state index contributed by atoms with van der Waals surface area (Å²) in [4.78, 5) is 0. The summed E-state index contributed by atoms with van der Waals surface area (Å²) in [6, 6.07) is 10.5. The Morgan fingerprint density at radius 1 is 0.968 bits per heavy atom. The minimum Gasteiger partial charge on any atom is -0.206 e. The Morgan fingerprint density at radius 3 is 2.65 bits per heavy atom. The molecule has 0 spiro atoms. The third-order valence-corrected chi connectivity index (χ3v) is 8.23. The van der Waals surface area contributed by atoms with Gasteiger partial charge in [0, 0.05) is 5.39 Å². The van der Waals surface area contributed by atoms with Gasteiger partial charge >= 0.3 is 0 Å². The van der Waals surface area contributed by atoms with Crippen LogP contribution in [0.4, 0.5) is 4.39 Å². The summed E-state index contributed by atoms with van der Waals surface area (Å²) < 4.78 is 15.1. The first-order chi connectivity index (χ1) is 15.2. The molecule has 2 aliphatic carbocycles. The zero-order chi connectivity index (χ0) is 21.6. The number of allylic oxidation sites excluding steroid dienone is 2. The van der Waals surface area contributed by atoms with Gasteiger partial charge < -0.3 is 0 Å². The van der Waals surface area contributed by atoms with Crippen LogP contribution in [-0.4, -0.2) is 0 Å². The van der Waals surface area contributed by atoms with Crippen LogP contribution in [0.1, 0.15) is 102 Å². The van der Waals surface area contributed by atoms with Gasteiger partial charge in [0.25, 0.3) is 0 Å². The van der Waals surface area contributed by atoms with E-state index in [1.54, 1.807) is 0 Å². The standard InChI is InChI=1S/C30H41F/c1-3-5-7-9-22-11-13-25-19-26(16-15-24(25)17-22)28-20-27-14-12-23(10-8-6-4-2)18-29(27)30(31)21-28/h4,6,12,14,18,20-22,24-26H,3,5,7-11,13,15-17,19H2,1-2H3/b6-4+. The van der Waals surface area contributed by atoms with E-state index in [0.717, 1.165) is 41.4 Å². The van der Waals surface area contributed by atoms with Crippen LogP contribution in [0.2, 0.25) is 0 Å². The van der Waals surface area contributed by atoms with E-state index in [9.17, 15) is 0 Å². The number of hydrogen-bond donors (Lipinski definition) is 0. The Hall–Kier alpha value is -1.63. The van der Waals surface area contributed by atoms with Gasteiger partial charge in [0.15, 0.2) is 0 Å². The Bertz CT molecular complexity index is 879. The first-order valence-corrected chi connectivity index (χ1v) is 13.0. The maximum absolute atomic E-state index is 15.1. The lowest BCUT2D eigenvalue weighted by Gasteiger charge is -2.42. The average molecular weight is 421 g/mol. The van der Waals surface area contributed by atoms with Gasteiger partial charge in [0.1, 0.15) is 5.82 Å². The molecule has 0 nitrogen and oxygen atoms in total. The van der Waals surface area contributed by atoms with Crippen LogP contribution in [0.25, 0.3) is 10.8 Å². The van der Waals surface area contributed by atoms with E-state index in [1.807, 2.05) is 13.0 Å². The molecule has 31 heavy (non-hydrogen) atoms. The van der Waals surface area contributed by atoms with Gasteiger partial charge in [0.2, 0.25) is 0 Å². The molecule has 168 valence electrons. The summed E-state index contributed by atoms with van der Waals surface area (Å²) >= 11 is 0. The lowest BCUT2D eigenvalue weighted by molar-refractivity contribution is 0.113. The number of halogens is 1. The van der Waals surface area contributed by atoms with E-state index in [-0.39, 0.29) is 5.82 Å². The molecule has 0 bridgehead atoms. The Labute approximate surface area is 189 Å². The monoisotopic (exact) mass is 420 g/mol. The molecule has 4 atom stereocenters. The molecule has 4 rings (SSSR count). The van der Waals surface area contributed by atoms with E-state index in [0.29, 0.717) is 5.92 Å². The molecule has 0 aliphatic heterocycles. The number of hydrogen-bond acceptors (Lipinski definition) is 0. The minimum absolute atomic E-state index is 0.0258. The van der Waals surface area contributed by atoms with E-state index in [1.165, 1.54) is 75.3 Å². The SMILES string of the molecule is C/C=C/CCc1ccc2cc(C3CCC4CC(CCCCC)CCC4C3)cc(F)c2c1. The molecule has 0 heterocycles. The van der Waals surface area contributed by atoms with Crippen molar-refractivity contribution in [3.8, 4) is 0 Å². The summed E-state index contributed by atoms with van der Waals surface area (Å²) in [5, 5.41) is 1.87. The van der Waals surface area contributed by atoms with Crippen molar-refractivity contribution >= 4 is 10.8 Å². The summed E-state index contributed by atoms with van der Waals surface area (Å²) in [6.45, 7) is 4.35. The van der Waals surface area contributed by atoms with Crippen molar-refractivity contribution in [2.24, 2.45) is 17.8 Å². The van der Waals surface area contributed by atoms with Crippen LogP contribution < -0.4 is 0 Å². The molecule has 2 aliphatic rings. The second kappa shape index (κ2) is 10.8. The Kier molecular flexibility index (Phi) is 7.86. The fourth-order valence-corrected chi connectivity index (χ4v) is 6.42. The molecule has 2 aromatic rings. The van der Waals surface area contributed by atoms with E-state index < -0.39 is 0 Å².